The van der Waals surface area contributed by atoms with Gasteiger partial charge >= 0.3 is 0 Å². The fourth-order valence-corrected chi connectivity index (χ4v) is 2.87. The van der Waals surface area contributed by atoms with Crippen LogP contribution in [0.1, 0.15) is 39.5 Å². The number of rotatable bonds is 6. The first kappa shape index (κ1) is 11.4. The van der Waals surface area contributed by atoms with Gasteiger partial charge in [0.2, 0.25) is 10.0 Å². The third-order valence-corrected chi connectivity index (χ3v) is 5.19. The fraction of sp³-hybridized carbons (Fsp3) is 1.00. The molecule has 0 amide bonds. The van der Waals surface area contributed by atoms with Gasteiger partial charge in [-0.05, 0) is 39.5 Å². The molecule has 2 N–H and O–H groups in total. The highest BCUT2D eigenvalue weighted by molar-refractivity contribution is 7.90. The van der Waals surface area contributed by atoms with Gasteiger partial charge in [0.25, 0.3) is 0 Å². The van der Waals surface area contributed by atoms with Crippen molar-refractivity contribution in [3.05, 3.63) is 0 Å². The molecule has 0 bridgehead atoms. The van der Waals surface area contributed by atoms with Gasteiger partial charge in [-0.3, -0.25) is 0 Å². The van der Waals surface area contributed by atoms with E-state index >= 15 is 0 Å². The lowest BCUT2D eigenvalue weighted by atomic mass is 10.4. The smallest absolute Gasteiger partial charge is 0.215 e. The molecule has 0 aromatic carbocycles. The van der Waals surface area contributed by atoms with Crippen molar-refractivity contribution < 1.29 is 8.42 Å². The number of hydrogen-bond acceptors (Lipinski definition) is 3. The Kier molecular flexibility index (Phi) is 2.81. The van der Waals surface area contributed by atoms with Crippen LogP contribution in [0.3, 0.4) is 0 Å². The summed E-state index contributed by atoms with van der Waals surface area (Å²) in [7, 11) is -3.14. The van der Waals surface area contributed by atoms with Crippen LogP contribution in [0.15, 0.2) is 0 Å². The van der Waals surface area contributed by atoms with E-state index in [4.69, 9.17) is 0 Å². The van der Waals surface area contributed by atoms with Gasteiger partial charge in [0, 0.05) is 18.1 Å². The van der Waals surface area contributed by atoms with Gasteiger partial charge in [0.1, 0.15) is 0 Å². The van der Waals surface area contributed by atoms with Crippen LogP contribution in [0.4, 0.5) is 0 Å². The van der Waals surface area contributed by atoms with Gasteiger partial charge in [-0.25, -0.2) is 13.1 Å². The molecule has 2 saturated carbocycles. The molecular weight excluding hydrogens is 212 g/mol. The summed E-state index contributed by atoms with van der Waals surface area (Å²) in [5, 5.41) is 2.91. The molecule has 1 atom stereocenters. The van der Waals surface area contributed by atoms with Crippen LogP contribution < -0.4 is 10.0 Å². The highest BCUT2D eigenvalue weighted by Gasteiger charge is 2.42. The Balaban J connectivity index is 1.82. The zero-order valence-corrected chi connectivity index (χ0v) is 10.2. The van der Waals surface area contributed by atoms with E-state index in [9.17, 15) is 8.42 Å². The molecule has 2 aliphatic carbocycles. The lowest BCUT2D eigenvalue weighted by Gasteiger charge is -2.18. The predicted octanol–water partition coefficient (Wildman–Crippen LogP) is 0.599. The highest BCUT2D eigenvalue weighted by atomic mass is 32.2. The Hall–Kier alpha value is -0.130. The van der Waals surface area contributed by atoms with Crippen molar-refractivity contribution in [2.45, 2.75) is 56.4 Å². The van der Waals surface area contributed by atoms with E-state index in [-0.39, 0.29) is 10.8 Å². The molecular formula is C10H20N2O2S. The van der Waals surface area contributed by atoms with Gasteiger partial charge in [0.15, 0.2) is 0 Å². The van der Waals surface area contributed by atoms with E-state index in [0.717, 1.165) is 12.8 Å². The maximum atomic E-state index is 11.9. The third-order valence-electron chi connectivity index (χ3n) is 3.19. The second-order valence-electron chi connectivity index (χ2n) is 5.20. The summed E-state index contributed by atoms with van der Waals surface area (Å²) in [6, 6.07) is 0.569. The summed E-state index contributed by atoms with van der Waals surface area (Å²) in [5.41, 5.74) is -0.146. The van der Waals surface area contributed by atoms with Gasteiger partial charge in [-0.2, -0.15) is 0 Å². The molecule has 0 saturated heterocycles. The Morgan fingerprint density at radius 2 is 2.00 bits per heavy atom. The van der Waals surface area contributed by atoms with E-state index in [0.29, 0.717) is 12.6 Å². The molecule has 4 nitrogen and oxygen atoms in total. The highest BCUT2D eigenvalue weighted by Crippen LogP contribution is 2.35. The summed E-state index contributed by atoms with van der Waals surface area (Å²) < 4.78 is 26.5. The molecule has 0 radical (unpaired) electrons. The minimum atomic E-state index is -3.14. The largest absolute Gasteiger partial charge is 0.313 e. The van der Waals surface area contributed by atoms with Crippen molar-refractivity contribution in [1.82, 2.24) is 10.0 Å². The second kappa shape index (κ2) is 3.71. The van der Waals surface area contributed by atoms with Crippen LogP contribution in [0, 0.1) is 0 Å². The monoisotopic (exact) mass is 232 g/mol. The van der Waals surface area contributed by atoms with Gasteiger partial charge in [0.05, 0.1) is 5.25 Å². The number of hydrogen-bond donors (Lipinski definition) is 2. The van der Waals surface area contributed by atoms with Crippen LogP contribution in [-0.2, 0) is 10.0 Å². The van der Waals surface area contributed by atoms with Crippen molar-refractivity contribution in [2.75, 3.05) is 6.54 Å². The number of sulfonamides is 1. The Bertz CT molecular complexity index is 331. The van der Waals surface area contributed by atoms with Crippen LogP contribution in [0.5, 0.6) is 0 Å². The standard InChI is InChI=1S/C10H20N2O2S/c1-8(7-11-9-3-4-9)15(13,14)12-10(2)5-6-10/h8-9,11-12H,3-7H2,1-2H3. The molecule has 0 aromatic heterocycles. The quantitative estimate of drug-likeness (QED) is 0.705. The maximum Gasteiger partial charge on any atom is 0.215 e. The lowest BCUT2D eigenvalue weighted by molar-refractivity contribution is 0.537. The molecule has 0 aliphatic heterocycles. The van der Waals surface area contributed by atoms with Crippen LogP contribution in [-0.4, -0.2) is 31.8 Å². The first-order valence-corrected chi connectivity index (χ1v) is 7.22. The molecule has 2 fully saturated rings. The SMILES string of the molecule is CC(CNC1CC1)S(=O)(=O)NC1(C)CC1. The summed E-state index contributed by atoms with van der Waals surface area (Å²) in [5.74, 6) is 0. The predicted molar refractivity (Wildman–Crippen MR) is 60.2 cm³/mol. The zero-order valence-electron chi connectivity index (χ0n) is 9.41. The van der Waals surface area contributed by atoms with E-state index in [1.165, 1.54) is 12.8 Å². The normalized spacial score (nSPS) is 26.3. The molecule has 2 aliphatic rings. The van der Waals surface area contributed by atoms with E-state index in [1.54, 1.807) is 6.92 Å². The molecule has 0 spiro atoms. The van der Waals surface area contributed by atoms with Crippen molar-refractivity contribution in [2.24, 2.45) is 0 Å². The first-order chi connectivity index (χ1) is 6.91. The fourth-order valence-electron chi connectivity index (χ4n) is 1.46. The lowest BCUT2D eigenvalue weighted by Crippen LogP contribution is -2.44. The average molecular weight is 232 g/mol. The zero-order chi connectivity index (χ0) is 11.1. The molecule has 0 heterocycles. The summed E-state index contributed by atoms with van der Waals surface area (Å²) in [6.45, 7) is 4.30. The van der Waals surface area contributed by atoms with Crippen molar-refractivity contribution in [1.29, 1.82) is 0 Å². The second-order valence-corrected chi connectivity index (χ2v) is 7.30. The summed E-state index contributed by atoms with van der Waals surface area (Å²) in [4.78, 5) is 0. The minimum absolute atomic E-state index is 0.146. The average Bonchev–Trinajstić information content (AvgIpc) is 2.99. The van der Waals surface area contributed by atoms with Crippen molar-refractivity contribution in [3.63, 3.8) is 0 Å². The van der Waals surface area contributed by atoms with Crippen molar-refractivity contribution >= 4 is 10.0 Å². The Labute approximate surface area is 91.9 Å². The first-order valence-electron chi connectivity index (χ1n) is 5.67. The van der Waals surface area contributed by atoms with Crippen LogP contribution >= 0.6 is 0 Å². The Morgan fingerprint density at radius 3 is 2.47 bits per heavy atom. The van der Waals surface area contributed by atoms with E-state index in [2.05, 4.69) is 10.0 Å². The summed E-state index contributed by atoms with van der Waals surface area (Å²) >= 11 is 0. The van der Waals surface area contributed by atoms with E-state index < -0.39 is 10.0 Å². The van der Waals surface area contributed by atoms with Crippen molar-refractivity contribution in [3.8, 4) is 0 Å². The van der Waals surface area contributed by atoms with Gasteiger partial charge < -0.3 is 5.32 Å². The molecule has 15 heavy (non-hydrogen) atoms. The number of nitrogens with one attached hydrogen (secondary N) is 2. The molecule has 0 aromatic rings. The minimum Gasteiger partial charge on any atom is -0.313 e. The molecule has 1 unspecified atom stereocenters. The van der Waals surface area contributed by atoms with E-state index in [1.807, 2.05) is 6.92 Å². The third kappa shape index (κ3) is 3.16. The maximum absolute atomic E-state index is 11.9. The molecule has 5 heteroatoms. The van der Waals surface area contributed by atoms with Gasteiger partial charge in [-0.15, -0.1) is 0 Å². The summed E-state index contributed by atoms with van der Waals surface area (Å²) in [6.07, 6.45) is 4.32. The molecule has 88 valence electrons. The van der Waals surface area contributed by atoms with Crippen LogP contribution in [0.25, 0.3) is 0 Å². The topological polar surface area (TPSA) is 58.2 Å². The Morgan fingerprint density at radius 1 is 1.40 bits per heavy atom. The van der Waals surface area contributed by atoms with Crippen LogP contribution in [0.2, 0.25) is 0 Å². The molecule has 2 rings (SSSR count). The van der Waals surface area contributed by atoms with Gasteiger partial charge in [-0.1, -0.05) is 0 Å².